The predicted octanol–water partition coefficient (Wildman–Crippen LogP) is 2.30. The molecule has 0 saturated heterocycles. The maximum absolute atomic E-state index is 11.6. The highest BCUT2D eigenvalue weighted by atomic mass is 16.5. The van der Waals surface area contributed by atoms with Gasteiger partial charge >= 0.3 is 5.97 Å². The molecule has 1 heterocycles. The highest BCUT2D eigenvalue weighted by Gasteiger charge is 2.13. The molecule has 5 nitrogen and oxygen atoms in total. The number of methoxy groups -OCH3 is 1. The van der Waals surface area contributed by atoms with E-state index in [-0.39, 0.29) is 0 Å². The highest BCUT2D eigenvalue weighted by molar-refractivity contribution is 5.98. The molecule has 0 radical (unpaired) electrons. The standard InChI is InChI=1S/C14H16N2O3/c1-18-14(17)11-5-2-6-12(15)13(11)16-8-7-10-4-3-9-19-10/h2-6,9,16H,7-8,15H2,1H3. The molecule has 0 aliphatic carbocycles. The molecule has 0 bridgehead atoms. The van der Waals surface area contributed by atoms with Gasteiger partial charge in [-0.05, 0) is 24.3 Å². The Morgan fingerprint density at radius 3 is 2.89 bits per heavy atom. The van der Waals surface area contributed by atoms with Gasteiger partial charge in [-0.2, -0.15) is 0 Å². The van der Waals surface area contributed by atoms with Gasteiger partial charge in [0.1, 0.15) is 5.76 Å². The van der Waals surface area contributed by atoms with E-state index in [1.54, 1.807) is 24.5 Å². The van der Waals surface area contributed by atoms with Crippen molar-refractivity contribution in [3.05, 3.63) is 47.9 Å². The lowest BCUT2D eigenvalue weighted by Crippen LogP contribution is -2.12. The van der Waals surface area contributed by atoms with E-state index in [0.717, 1.165) is 5.76 Å². The normalized spacial score (nSPS) is 10.2. The zero-order valence-electron chi connectivity index (χ0n) is 10.7. The van der Waals surface area contributed by atoms with Crippen LogP contribution in [0.15, 0.2) is 41.0 Å². The summed E-state index contributed by atoms with van der Waals surface area (Å²) < 4.78 is 9.97. The molecule has 0 fully saturated rings. The highest BCUT2D eigenvalue weighted by Crippen LogP contribution is 2.24. The lowest BCUT2D eigenvalue weighted by Gasteiger charge is -2.12. The molecule has 5 heteroatoms. The Bertz CT molecular complexity index is 550. The minimum Gasteiger partial charge on any atom is -0.469 e. The molecule has 2 rings (SSSR count). The van der Waals surface area contributed by atoms with Crippen LogP contribution in [-0.4, -0.2) is 19.6 Å². The molecule has 1 aromatic carbocycles. The van der Waals surface area contributed by atoms with Crippen molar-refractivity contribution < 1.29 is 13.9 Å². The second-order valence-corrected chi connectivity index (χ2v) is 4.02. The first-order valence-electron chi connectivity index (χ1n) is 5.95. The Morgan fingerprint density at radius 1 is 1.37 bits per heavy atom. The van der Waals surface area contributed by atoms with Gasteiger partial charge < -0.3 is 20.2 Å². The van der Waals surface area contributed by atoms with Gasteiger partial charge in [0, 0.05) is 13.0 Å². The van der Waals surface area contributed by atoms with Crippen LogP contribution in [0.25, 0.3) is 0 Å². The number of nitrogens with one attached hydrogen (secondary N) is 1. The average Bonchev–Trinajstić information content (AvgIpc) is 2.93. The summed E-state index contributed by atoms with van der Waals surface area (Å²) in [5.41, 5.74) is 7.43. The molecule has 0 spiro atoms. The molecule has 2 aromatic rings. The van der Waals surface area contributed by atoms with Crippen molar-refractivity contribution in [3.63, 3.8) is 0 Å². The number of ether oxygens (including phenoxy) is 1. The lowest BCUT2D eigenvalue weighted by molar-refractivity contribution is 0.0602. The molecule has 0 saturated carbocycles. The summed E-state index contributed by atoms with van der Waals surface area (Å²) in [5, 5.41) is 3.15. The SMILES string of the molecule is COC(=O)c1cccc(N)c1NCCc1ccco1. The Labute approximate surface area is 111 Å². The van der Waals surface area contributed by atoms with E-state index in [9.17, 15) is 4.79 Å². The summed E-state index contributed by atoms with van der Waals surface area (Å²) >= 11 is 0. The first-order valence-corrected chi connectivity index (χ1v) is 5.95. The Balaban J connectivity index is 2.08. The number of anilines is 2. The van der Waals surface area contributed by atoms with Crippen LogP contribution in [0.4, 0.5) is 11.4 Å². The van der Waals surface area contributed by atoms with Crippen molar-refractivity contribution in [1.29, 1.82) is 0 Å². The topological polar surface area (TPSA) is 77.5 Å². The molecule has 0 aliphatic heterocycles. The fourth-order valence-electron chi connectivity index (χ4n) is 1.81. The second kappa shape index (κ2) is 5.95. The third-order valence-corrected chi connectivity index (χ3v) is 2.76. The number of para-hydroxylation sites is 1. The minimum atomic E-state index is -0.409. The number of nitrogens with two attached hydrogens (primary N) is 1. The Kier molecular flexibility index (Phi) is 4.07. The van der Waals surface area contributed by atoms with Gasteiger partial charge in [0.2, 0.25) is 0 Å². The maximum Gasteiger partial charge on any atom is 0.340 e. The van der Waals surface area contributed by atoms with E-state index in [0.29, 0.717) is 29.9 Å². The molecular formula is C14H16N2O3. The quantitative estimate of drug-likeness (QED) is 0.637. The van der Waals surface area contributed by atoms with Crippen molar-refractivity contribution in [2.45, 2.75) is 6.42 Å². The van der Waals surface area contributed by atoms with Crippen molar-refractivity contribution in [2.75, 3.05) is 24.7 Å². The third-order valence-electron chi connectivity index (χ3n) is 2.76. The summed E-state index contributed by atoms with van der Waals surface area (Å²) in [4.78, 5) is 11.6. The van der Waals surface area contributed by atoms with Crippen LogP contribution < -0.4 is 11.1 Å². The van der Waals surface area contributed by atoms with Crippen molar-refractivity contribution in [1.82, 2.24) is 0 Å². The Morgan fingerprint density at radius 2 is 2.21 bits per heavy atom. The van der Waals surface area contributed by atoms with Crippen LogP contribution in [0.3, 0.4) is 0 Å². The molecule has 19 heavy (non-hydrogen) atoms. The van der Waals surface area contributed by atoms with Crippen LogP contribution in [0.5, 0.6) is 0 Å². The number of hydrogen-bond acceptors (Lipinski definition) is 5. The molecular weight excluding hydrogens is 244 g/mol. The number of esters is 1. The molecule has 0 amide bonds. The van der Waals surface area contributed by atoms with Gasteiger partial charge in [0.25, 0.3) is 0 Å². The van der Waals surface area contributed by atoms with E-state index in [2.05, 4.69) is 5.32 Å². The van der Waals surface area contributed by atoms with E-state index in [1.807, 2.05) is 12.1 Å². The third kappa shape index (κ3) is 3.07. The van der Waals surface area contributed by atoms with E-state index >= 15 is 0 Å². The first-order chi connectivity index (χ1) is 9.22. The number of furan rings is 1. The monoisotopic (exact) mass is 260 g/mol. The predicted molar refractivity (Wildman–Crippen MR) is 73.1 cm³/mol. The Hall–Kier alpha value is -2.43. The number of carbonyl (C=O) groups is 1. The molecule has 0 atom stereocenters. The second-order valence-electron chi connectivity index (χ2n) is 4.02. The van der Waals surface area contributed by atoms with Crippen LogP contribution in [-0.2, 0) is 11.2 Å². The zero-order chi connectivity index (χ0) is 13.7. The first kappa shape index (κ1) is 13.0. The van der Waals surface area contributed by atoms with Gasteiger partial charge in [0.15, 0.2) is 0 Å². The van der Waals surface area contributed by atoms with Crippen LogP contribution in [0.1, 0.15) is 16.1 Å². The van der Waals surface area contributed by atoms with Gasteiger partial charge in [-0.1, -0.05) is 6.07 Å². The fourth-order valence-corrected chi connectivity index (χ4v) is 1.81. The molecule has 100 valence electrons. The van der Waals surface area contributed by atoms with Gasteiger partial charge in [-0.25, -0.2) is 4.79 Å². The van der Waals surface area contributed by atoms with Gasteiger partial charge in [0.05, 0.1) is 30.3 Å². The largest absolute Gasteiger partial charge is 0.469 e. The molecule has 1 aromatic heterocycles. The number of nitrogen functional groups attached to an aromatic ring is 1. The van der Waals surface area contributed by atoms with E-state index in [4.69, 9.17) is 14.9 Å². The zero-order valence-corrected chi connectivity index (χ0v) is 10.7. The molecule has 0 aliphatic rings. The number of hydrogen-bond donors (Lipinski definition) is 2. The van der Waals surface area contributed by atoms with Crippen LogP contribution in [0.2, 0.25) is 0 Å². The van der Waals surface area contributed by atoms with E-state index in [1.165, 1.54) is 7.11 Å². The fraction of sp³-hybridized carbons (Fsp3) is 0.214. The molecule has 3 N–H and O–H groups in total. The summed E-state index contributed by atoms with van der Waals surface area (Å²) in [6.45, 7) is 0.617. The van der Waals surface area contributed by atoms with Crippen molar-refractivity contribution in [2.24, 2.45) is 0 Å². The van der Waals surface area contributed by atoms with Crippen LogP contribution in [0, 0.1) is 0 Å². The summed E-state index contributed by atoms with van der Waals surface area (Å²) in [6, 6.07) is 8.88. The number of benzene rings is 1. The molecule has 0 unspecified atom stereocenters. The van der Waals surface area contributed by atoms with Crippen molar-refractivity contribution >= 4 is 17.3 Å². The number of rotatable bonds is 5. The number of carbonyl (C=O) groups excluding carboxylic acids is 1. The average molecular weight is 260 g/mol. The summed E-state index contributed by atoms with van der Waals surface area (Å²) in [6.07, 6.45) is 2.34. The van der Waals surface area contributed by atoms with Gasteiger partial charge in [-0.3, -0.25) is 0 Å². The summed E-state index contributed by atoms with van der Waals surface area (Å²) in [5.74, 6) is 0.467. The summed E-state index contributed by atoms with van der Waals surface area (Å²) in [7, 11) is 1.35. The van der Waals surface area contributed by atoms with Crippen LogP contribution >= 0.6 is 0 Å². The smallest absolute Gasteiger partial charge is 0.340 e. The lowest BCUT2D eigenvalue weighted by atomic mass is 10.1. The van der Waals surface area contributed by atoms with Gasteiger partial charge in [-0.15, -0.1) is 0 Å². The maximum atomic E-state index is 11.6. The van der Waals surface area contributed by atoms with Crippen molar-refractivity contribution in [3.8, 4) is 0 Å². The van der Waals surface area contributed by atoms with E-state index < -0.39 is 5.97 Å². The minimum absolute atomic E-state index is 0.409.